The van der Waals surface area contributed by atoms with Crippen molar-refractivity contribution in [1.29, 1.82) is 0 Å². The molecule has 0 radical (unpaired) electrons. The van der Waals surface area contributed by atoms with Crippen molar-refractivity contribution in [3.63, 3.8) is 0 Å². The lowest BCUT2D eigenvalue weighted by molar-refractivity contribution is 0.866. The SMILES string of the molecule is [C-]#[N+]c1cc(C)cc(C(C)C)c1. The molecular formula is C11H13N. The van der Waals surface area contributed by atoms with Crippen LogP contribution in [-0.2, 0) is 0 Å². The van der Waals surface area contributed by atoms with Crippen molar-refractivity contribution in [1.82, 2.24) is 0 Å². The van der Waals surface area contributed by atoms with Gasteiger partial charge >= 0.3 is 0 Å². The fourth-order valence-corrected chi connectivity index (χ4v) is 1.19. The van der Waals surface area contributed by atoms with Crippen molar-refractivity contribution in [2.24, 2.45) is 0 Å². The molecule has 1 heteroatoms. The van der Waals surface area contributed by atoms with E-state index in [4.69, 9.17) is 6.57 Å². The Morgan fingerprint density at radius 1 is 1.25 bits per heavy atom. The first-order valence-electron chi connectivity index (χ1n) is 4.12. The van der Waals surface area contributed by atoms with E-state index in [0.29, 0.717) is 5.92 Å². The quantitative estimate of drug-likeness (QED) is 0.551. The second-order valence-corrected chi connectivity index (χ2v) is 3.37. The molecule has 12 heavy (non-hydrogen) atoms. The monoisotopic (exact) mass is 159 g/mol. The van der Waals surface area contributed by atoms with Gasteiger partial charge in [-0.05, 0) is 12.8 Å². The molecule has 1 aromatic rings. The van der Waals surface area contributed by atoms with E-state index >= 15 is 0 Å². The molecule has 0 heterocycles. The highest BCUT2D eigenvalue weighted by molar-refractivity contribution is 5.50. The fraction of sp³-hybridized carbons (Fsp3) is 0.364. The number of benzene rings is 1. The summed E-state index contributed by atoms with van der Waals surface area (Å²) >= 11 is 0. The molecule has 1 rings (SSSR count). The Balaban J connectivity index is 3.17. The molecule has 1 aromatic carbocycles. The highest BCUT2D eigenvalue weighted by Crippen LogP contribution is 2.22. The second-order valence-electron chi connectivity index (χ2n) is 3.37. The van der Waals surface area contributed by atoms with Gasteiger partial charge in [0.25, 0.3) is 0 Å². The van der Waals surface area contributed by atoms with E-state index < -0.39 is 0 Å². The Morgan fingerprint density at radius 2 is 1.92 bits per heavy atom. The van der Waals surface area contributed by atoms with E-state index in [1.165, 1.54) is 11.1 Å². The molecule has 0 aliphatic carbocycles. The number of hydrogen-bond acceptors (Lipinski definition) is 0. The van der Waals surface area contributed by atoms with Crippen LogP contribution in [0.3, 0.4) is 0 Å². The predicted molar refractivity (Wildman–Crippen MR) is 51.5 cm³/mol. The van der Waals surface area contributed by atoms with Crippen LogP contribution in [0.15, 0.2) is 18.2 Å². The minimum Gasteiger partial charge on any atom is -0.238 e. The molecule has 0 aliphatic heterocycles. The minimum absolute atomic E-state index is 0.505. The maximum Gasteiger partial charge on any atom is 0.187 e. The molecule has 0 bridgehead atoms. The van der Waals surface area contributed by atoms with E-state index in [1.807, 2.05) is 19.1 Å². The summed E-state index contributed by atoms with van der Waals surface area (Å²) in [4.78, 5) is 3.42. The van der Waals surface area contributed by atoms with Crippen LogP contribution in [0, 0.1) is 13.5 Å². The highest BCUT2D eigenvalue weighted by atomic mass is 14.6. The van der Waals surface area contributed by atoms with E-state index in [9.17, 15) is 0 Å². The summed E-state index contributed by atoms with van der Waals surface area (Å²) < 4.78 is 0. The largest absolute Gasteiger partial charge is 0.238 e. The van der Waals surface area contributed by atoms with Crippen molar-refractivity contribution in [2.45, 2.75) is 26.7 Å². The molecule has 0 aromatic heterocycles. The van der Waals surface area contributed by atoms with Crippen molar-refractivity contribution < 1.29 is 0 Å². The van der Waals surface area contributed by atoms with E-state index in [2.05, 4.69) is 24.8 Å². The summed E-state index contributed by atoms with van der Waals surface area (Å²) in [6.07, 6.45) is 0. The highest BCUT2D eigenvalue weighted by Gasteiger charge is 2.01. The van der Waals surface area contributed by atoms with Gasteiger partial charge in [0, 0.05) is 0 Å². The van der Waals surface area contributed by atoms with Gasteiger partial charge in [-0.3, -0.25) is 0 Å². The molecule has 0 amide bonds. The molecule has 0 saturated heterocycles. The smallest absolute Gasteiger partial charge is 0.187 e. The lowest BCUT2D eigenvalue weighted by atomic mass is 10.0. The van der Waals surface area contributed by atoms with Gasteiger partial charge in [0.15, 0.2) is 5.69 Å². The average Bonchev–Trinajstić information content (AvgIpc) is 2.03. The Hall–Kier alpha value is -1.29. The van der Waals surface area contributed by atoms with Gasteiger partial charge in [0.2, 0.25) is 0 Å². The molecule has 0 unspecified atom stereocenters. The van der Waals surface area contributed by atoms with Gasteiger partial charge in [0.1, 0.15) is 0 Å². The third-order valence-electron chi connectivity index (χ3n) is 1.88. The van der Waals surface area contributed by atoms with Crippen LogP contribution < -0.4 is 0 Å². The molecule has 1 nitrogen and oxygen atoms in total. The van der Waals surface area contributed by atoms with Crippen LogP contribution in [0.5, 0.6) is 0 Å². The van der Waals surface area contributed by atoms with Gasteiger partial charge in [-0.1, -0.05) is 43.2 Å². The normalized spacial score (nSPS) is 9.92. The molecule has 62 valence electrons. The van der Waals surface area contributed by atoms with Crippen molar-refractivity contribution in [3.8, 4) is 0 Å². The Kier molecular flexibility index (Phi) is 2.50. The molecule has 0 N–H and O–H groups in total. The van der Waals surface area contributed by atoms with E-state index in [1.54, 1.807) is 0 Å². The van der Waals surface area contributed by atoms with Gasteiger partial charge in [-0.15, -0.1) is 0 Å². The van der Waals surface area contributed by atoms with Crippen LogP contribution in [0.25, 0.3) is 4.85 Å². The van der Waals surface area contributed by atoms with Crippen LogP contribution in [0.1, 0.15) is 30.9 Å². The van der Waals surface area contributed by atoms with E-state index in [0.717, 1.165) is 5.69 Å². The summed E-state index contributed by atoms with van der Waals surface area (Å²) in [5, 5.41) is 0. The van der Waals surface area contributed by atoms with Crippen LogP contribution >= 0.6 is 0 Å². The van der Waals surface area contributed by atoms with Crippen LogP contribution in [0.2, 0.25) is 0 Å². The van der Waals surface area contributed by atoms with Crippen LogP contribution in [-0.4, -0.2) is 0 Å². The first-order chi connectivity index (χ1) is 5.63. The second kappa shape index (κ2) is 3.40. The van der Waals surface area contributed by atoms with Gasteiger partial charge in [-0.25, -0.2) is 4.85 Å². The number of rotatable bonds is 1. The van der Waals surface area contributed by atoms with Crippen molar-refractivity contribution >= 4 is 5.69 Å². The molecular weight excluding hydrogens is 146 g/mol. The third kappa shape index (κ3) is 1.85. The van der Waals surface area contributed by atoms with E-state index in [-0.39, 0.29) is 0 Å². The third-order valence-corrected chi connectivity index (χ3v) is 1.88. The zero-order valence-corrected chi connectivity index (χ0v) is 7.76. The van der Waals surface area contributed by atoms with Gasteiger partial charge in [0.05, 0.1) is 6.57 Å². The summed E-state index contributed by atoms with van der Waals surface area (Å²) in [7, 11) is 0. The first-order valence-corrected chi connectivity index (χ1v) is 4.12. The maximum atomic E-state index is 6.90. The van der Waals surface area contributed by atoms with Crippen molar-refractivity contribution in [2.75, 3.05) is 0 Å². The predicted octanol–water partition coefficient (Wildman–Crippen LogP) is 3.67. The summed E-state index contributed by atoms with van der Waals surface area (Å²) in [5.41, 5.74) is 3.17. The fourth-order valence-electron chi connectivity index (χ4n) is 1.19. The summed E-state index contributed by atoms with van der Waals surface area (Å²) in [6, 6.07) is 6.02. The number of nitrogens with zero attached hydrogens (tertiary/aromatic N) is 1. The Morgan fingerprint density at radius 3 is 2.42 bits per heavy atom. The lowest BCUT2D eigenvalue weighted by Crippen LogP contribution is -1.87. The Labute approximate surface area is 73.9 Å². The molecule has 0 fully saturated rings. The average molecular weight is 159 g/mol. The Bertz CT molecular complexity index is 318. The lowest BCUT2D eigenvalue weighted by Gasteiger charge is -2.06. The zero-order chi connectivity index (χ0) is 9.14. The molecule has 0 saturated carbocycles. The van der Waals surface area contributed by atoms with Gasteiger partial charge in [-0.2, -0.15) is 0 Å². The molecule has 0 aliphatic rings. The number of hydrogen-bond donors (Lipinski definition) is 0. The molecule has 0 atom stereocenters. The zero-order valence-electron chi connectivity index (χ0n) is 7.76. The van der Waals surface area contributed by atoms with Gasteiger partial charge < -0.3 is 0 Å². The standard InChI is InChI=1S/C11H13N/c1-8(2)10-5-9(3)6-11(7-10)12-4/h5-8H,1-3H3. The van der Waals surface area contributed by atoms with Crippen molar-refractivity contribution in [3.05, 3.63) is 40.7 Å². The topological polar surface area (TPSA) is 4.36 Å². The minimum atomic E-state index is 0.505. The maximum absolute atomic E-state index is 6.90. The summed E-state index contributed by atoms with van der Waals surface area (Å²) in [5.74, 6) is 0.505. The number of aryl methyl sites for hydroxylation is 1. The van der Waals surface area contributed by atoms with Crippen LogP contribution in [0.4, 0.5) is 5.69 Å². The summed E-state index contributed by atoms with van der Waals surface area (Å²) in [6.45, 7) is 13.2. The first kappa shape index (κ1) is 8.80. The molecule has 0 spiro atoms.